The van der Waals surface area contributed by atoms with Crippen LogP contribution in [0, 0.1) is 6.92 Å². The molecule has 0 bridgehead atoms. The lowest BCUT2D eigenvalue weighted by Gasteiger charge is -2.07. The summed E-state index contributed by atoms with van der Waals surface area (Å²) in [6.07, 6.45) is 0. The maximum absolute atomic E-state index is 12.6. The number of hydrogen-bond acceptors (Lipinski definition) is 7. The van der Waals surface area contributed by atoms with Gasteiger partial charge in [0, 0.05) is 28.6 Å². The van der Waals surface area contributed by atoms with Crippen molar-refractivity contribution >= 4 is 28.3 Å². The van der Waals surface area contributed by atoms with Gasteiger partial charge in [-0.2, -0.15) is 0 Å². The molecule has 1 N–H and O–H groups in total. The molecule has 6 nitrogen and oxygen atoms in total. The fraction of sp³-hybridized carbons (Fsp3) is 0.0952. The number of phenols is 1. The Morgan fingerprint density at radius 3 is 2.75 bits per heavy atom. The van der Waals surface area contributed by atoms with Gasteiger partial charge in [-0.25, -0.2) is 14.6 Å². The quantitative estimate of drug-likeness (QED) is 0.411. The molecule has 140 valence electrons. The molecule has 4 rings (SSSR count). The maximum atomic E-state index is 12.6. The molecule has 0 aliphatic carbocycles. The van der Waals surface area contributed by atoms with Crippen molar-refractivity contribution in [3.05, 3.63) is 81.2 Å². The molecule has 0 atom stereocenters. The molecule has 2 aromatic carbocycles. The Labute approximate surface area is 163 Å². The molecular weight excluding hydrogens is 378 g/mol. The molecule has 2 aromatic heterocycles. The summed E-state index contributed by atoms with van der Waals surface area (Å²) in [7, 11) is 0. The summed E-state index contributed by atoms with van der Waals surface area (Å²) in [4.78, 5) is 29.2. The SMILES string of the molecule is Cc1nc(-c2ccccc2)sc1C(=O)OCc1cc(=O)oc2cc(O)ccc12. The Balaban J connectivity index is 1.58. The van der Waals surface area contributed by atoms with Crippen LogP contribution in [0.4, 0.5) is 0 Å². The van der Waals surface area contributed by atoms with Crippen molar-refractivity contribution in [2.24, 2.45) is 0 Å². The smallest absolute Gasteiger partial charge is 0.350 e. The first-order valence-electron chi connectivity index (χ1n) is 8.47. The highest BCUT2D eigenvalue weighted by Gasteiger charge is 2.18. The van der Waals surface area contributed by atoms with Gasteiger partial charge < -0.3 is 14.3 Å². The number of phenolic OH excluding ortho intramolecular Hbond substituents is 1. The van der Waals surface area contributed by atoms with Gasteiger partial charge in [0.15, 0.2) is 0 Å². The van der Waals surface area contributed by atoms with Gasteiger partial charge in [-0.1, -0.05) is 30.3 Å². The zero-order valence-electron chi connectivity index (χ0n) is 14.8. The number of aromatic hydroxyl groups is 1. The molecule has 0 aliphatic heterocycles. The van der Waals surface area contributed by atoms with Crippen molar-refractivity contribution in [1.82, 2.24) is 4.98 Å². The lowest BCUT2D eigenvalue weighted by Crippen LogP contribution is -2.07. The zero-order valence-corrected chi connectivity index (χ0v) is 15.7. The number of thiazole rings is 1. The number of ether oxygens (including phenoxy) is 1. The van der Waals surface area contributed by atoms with Gasteiger partial charge in [0.1, 0.15) is 27.8 Å². The number of nitrogens with zero attached hydrogens (tertiary/aromatic N) is 1. The van der Waals surface area contributed by atoms with Crippen LogP contribution in [0.1, 0.15) is 20.9 Å². The van der Waals surface area contributed by atoms with Gasteiger partial charge in [0.25, 0.3) is 0 Å². The van der Waals surface area contributed by atoms with Gasteiger partial charge >= 0.3 is 11.6 Å². The summed E-state index contributed by atoms with van der Waals surface area (Å²) in [5.74, 6) is -0.518. The average Bonchev–Trinajstić information content (AvgIpc) is 3.08. The molecular formula is C21H15NO5S. The van der Waals surface area contributed by atoms with Crippen LogP contribution in [0.2, 0.25) is 0 Å². The number of fused-ring (bicyclic) bond motifs is 1. The molecule has 28 heavy (non-hydrogen) atoms. The first-order valence-corrected chi connectivity index (χ1v) is 9.28. The van der Waals surface area contributed by atoms with E-state index >= 15 is 0 Å². The van der Waals surface area contributed by atoms with Crippen molar-refractivity contribution in [3.63, 3.8) is 0 Å². The third kappa shape index (κ3) is 3.52. The van der Waals surface area contributed by atoms with E-state index in [0.717, 1.165) is 10.6 Å². The topological polar surface area (TPSA) is 89.6 Å². The van der Waals surface area contributed by atoms with E-state index in [-0.39, 0.29) is 17.9 Å². The van der Waals surface area contributed by atoms with E-state index in [1.807, 2.05) is 30.3 Å². The molecule has 4 aromatic rings. The van der Waals surface area contributed by atoms with E-state index in [2.05, 4.69) is 4.98 Å². The highest BCUT2D eigenvalue weighted by atomic mass is 32.1. The summed E-state index contributed by atoms with van der Waals surface area (Å²) < 4.78 is 10.5. The molecule has 0 radical (unpaired) electrons. The normalized spacial score (nSPS) is 10.9. The number of hydrogen-bond donors (Lipinski definition) is 1. The fourth-order valence-electron chi connectivity index (χ4n) is 2.84. The summed E-state index contributed by atoms with van der Waals surface area (Å²) in [6.45, 7) is 1.67. The number of aromatic nitrogens is 1. The lowest BCUT2D eigenvalue weighted by molar-refractivity contribution is 0.0478. The van der Waals surface area contributed by atoms with E-state index < -0.39 is 11.6 Å². The van der Waals surface area contributed by atoms with Crippen LogP contribution in [0.25, 0.3) is 21.5 Å². The summed E-state index contributed by atoms with van der Waals surface area (Å²) in [5.41, 5.74) is 1.69. The number of benzene rings is 2. The molecule has 0 spiro atoms. The Morgan fingerprint density at radius 1 is 1.18 bits per heavy atom. The van der Waals surface area contributed by atoms with Crippen LogP contribution in [0.3, 0.4) is 0 Å². The Hall–Kier alpha value is -3.45. The van der Waals surface area contributed by atoms with Crippen LogP contribution in [0.5, 0.6) is 5.75 Å². The minimum absolute atomic E-state index is 0.0153. The van der Waals surface area contributed by atoms with E-state index in [1.165, 1.54) is 29.5 Å². The number of aryl methyl sites for hydroxylation is 1. The summed E-state index contributed by atoms with van der Waals surface area (Å²) in [6, 6.07) is 15.3. The Kier molecular flexibility index (Phi) is 4.67. The second-order valence-electron chi connectivity index (χ2n) is 6.15. The Morgan fingerprint density at radius 2 is 1.96 bits per heavy atom. The van der Waals surface area contributed by atoms with Crippen LogP contribution in [0.15, 0.2) is 63.8 Å². The van der Waals surface area contributed by atoms with E-state index in [0.29, 0.717) is 21.5 Å². The van der Waals surface area contributed by atoms with Gasteiger partial charge in [-0.05, 0) is 19.1 Å². The maximum Gasteiger partial charge on any atom is 0.350 e. The van der Waals surface area contributed by atoms with Crippen LogP contribution >= 0.6 is 11.3 Å². The largest absolute Gasteiger partial charge is 0.508 e. The zero-order chi connectivity index (χ0) is 19.7. The van der Waals surface area contributed by atoms with Crippen LogP contribution < -0.4 is 5.63 Å². The monoisotopic (exact) mass is 393 g/mol. The molecule has 0 aliphatic rings. The Bertz CT molecular complexity index is 1230. The molecule has 7 heteroatoms. The first kappa shape index (κ1) is 17.9. The number of esters is 1. The molecule has 0 saturated heterocycles. The highest BCUT2D eigenvalue weighted by molar-refractivity contribution is 7.17. The van der Waals surface area contributed by atoms with Crippen molar-refractivity contribution in [2.45, 2.75) is 13.5 Å². The predicted molar refractivity (Wildman–Crippen MR) is 106 cm³/mol. The molecule has 0 fully saturated rings. The summed E-state index contributed by atoms with van der Waals surface area (Å²) in [5, 5.41) is 10.9. The third-order valence-corrected chi connectivity index (χ3v) is 5.36. The van der Waals surface area contributed by atoms with Gasteiger partial charge in [-0.3, -0.25) is 0 Å². The number of carbonyl (C=O) groups excluding carboxylic acids is 1. The minimum atomic E-state index is -0.579. The van der Waals surface area contributed by atoms with E-state index in [4.69, 9.17) is 9.15 Å². The summed E-state index contributed by atoms with van der Waals surface area (Å²) >= 11 is 1.27. The number of rotatable bonds is 4. The third-order valence-electron chi connectivity index (χ3n) is 4.18. The second kappa shape index (κ2) is 7.28. The minimum Gasteiger partial charge on any atom is -0.508 e. The van der Waals surface area contributed by atoms with E-state index in [9.17, 15) is 14.7 Å². The van der Waals surface area contributed by atoms with Crippen LogP contribution in [-0.2, 0) is 11.3 Å². The van der Waals surface area contributed by atoms with Gasteiger partial charge in [0.2, 0.25) is 0 Å². The average molecular weight is 393 g/mol. The van der Waals surface area contributed by atoms with Crippen molar-refractivity contribution in [2.75, 3.05) is 0 Å². The van der Waals surface area contributed by atoms with E-state index in [1.54, 1.807) is 13.0 Å². The fourth-order valence-corrected chi connectivity index (χ4v) is 3.80. The van der Waals surface area contributed by atoms with Crippen molar-refractivity contribution in [3.8, 4) is 16.3 Å². The van der Waals surface area contributed by atoms with Crippen LogP contribution in [-0.4, -0.2) is 16.1 Å². The number of carbonyl (C=O) groups is 1. The molecule has 0 saturated carbocycles. The van der Waals surface area contributed by atoms with Crippen molar-refractivity contribution in [1.29, 1.82) is 0 Å². The van der Waals surface area contributed by atoms with Gasteiger partial charge in [-0.15, -0.1) is 11.3 Å². The molecule has 2 heterocycles. The van der Waals surface area contributed by atoms with Gasteiger partial charge in [0.05, 0.1) is 5.69 Å². The highest BCUT2D eigenvalue weighted by Crippen LogP contribution is 2.29. The predicted octanol–water partition coefficient (Wildman–Crippen LogP) is 4.29. The molecule has 0 unspecified atom stereocenters. The van der Waals surface area contributed by atoms with Crippen molar-refractivity contribution < 1.29 is 19.1 Å². The lowest BCUT2D eigenvalue weighted by atomic mass is 10.1. The molecule has 0 amide bonds. The second-order valence-corrected chi connectivity index (χ2v) is 7.15. The standard InChI is InChI=1S/C21H15NO5S/c1-12-19(28-20(22-12)13-5-3-2-4-6-13)21(25)26-11-14-9-18(24)27-17-10-15(23)7-8-16(14)17/h2-10,23H,11H2,1H3. The first-order chi connectivity index (χ1) is 13.5.